The molecule has 3 rings (SSSR count). The zero-order valence-electron chi connectivity index (χ0n) is 16.7. The first-order valence-electron chi connectivity index (χ1n) is 9.89. The summed E-state index contributed by atoms with van der Waals surface area (Å²) in [5, 5.41) is 11.4. The van der Waals surface area contributed by atoms with Crippen LogP contribution in [0.5, 0.6) is 5.75 Å². The van der Waals surface area contributed by atoms with Gasteiger partial charge in [-0.3, -0.25) is 4.68 Å². The Morgan fingerprint density at radius 1 is 1.26 bits per heavy atom. The van der Waals surface area contributed by atoms with E-state index >= 15 is 0 Å². The number of benzene rings is 1. The van der Waals surface area contributed by atoms with Crippen LogP contribution in [0, 0.1) is 6.92 Å². The van der Waals surface area contributed by atoms with Gasteiger partial charge in [0.25, 0.3) is 0 Å². The molecular weight excluding hydrogens is 338 g/mol. The lowest BCUT2D eigenvalue weighted by atomic mass is 10.1. The van der Waals surface area contributed by atoms with Crippen molar-refractivity contribution in [2.24, 2.45) is 4.99 Å². The molecule has 2 aromatic rings. The van der Waals surface area contributed by atoms with Crippen molar-refractivity contribution < 1.29 is 4.74 Å². The molecule has 0 bridgehead atoms. The number of hydrogen-bond donors (Lipinski definition) is 2. The molecule has 1 aliphatic carbocycles. The van der Waals surface area contributed by atoms with Crippen LogP contribution in [0.3, 0.4) is 0 Å². The van der Waals surface area contributed by atoms with E-state index in [2.05, 4.69) is 53.6 Å². The summed E-state index contributed by atoms with van der Waals surface area (Å²) in [6.45, 7) is 6.17. The molecule has 2 N–H and O–H groups in total. The summed E-state index contributed by atoms with van der Waals surface area (Å²) in [5.74, 6) is 1.67. The second kappa shape index (κ2) is 9.44. The number of aryl methyl sites for hydroxylation is 1. The third-order valence-corrected chi connectivity index (χ3v) is 4.99. The summed E-state index contributed by atoms with van der Waals surface area (Å²) in [4.78, 5) is 4.70. The van der Waals surface area contributed by atoms with E-state index in [1.165, 1.54) is 31.2 Å². The summed E-state index contributed by atoms with van der Waals surface area (Å²) in [6.07, 6.45) is 7.23. The van der Waals surface area contributed by atoms with Crippen LogP contribution in [-0.4, -0.2) is 29.4 Å². The lowest BCUT2D eigenvalue weighted by Gasteiger charge is -2.12. The van der Waals surface area contributed by atoms with E-state index in [0.29, 0.717) is 19.1 Å². The van der Waals surface area contributed by atoms with Gasteiger partial charge in [0.1, 0.15) is 5.75 Å². The van der Waals surface area contributed by atoms with E-state index in [0.717, 1.165) is 29.5 Å². The van der Waals surface area contributed by atoms with Crippen LogP contribution in [-0.2, 0) is 13.1 Å². The first kappa shape index (κ1) is 19.3. The molecule has 1 aromatic carbocycles. The number of nitrogens with zero attached hydrogens (tertiary/aromatic N) is 3. The molecule has 1 aliphatic rings. The Bertz CT molecular complexity index is 762. The third-order valence-electron chi connectivity index (χ3n) is 4.99. The fourth-order valence-corrected chi connectivity index (χ4v) is 3.51. The standard InChI is InChI=1S/C21H31N5O/c1-4-22-21(23-14-17-10-9-16(2)13-20(17)27-3)24-15-18-11-12-26(25-18)19-7-5-6-8-19/h9-13,19H,4-8,14-15H2,1-3H3,(H2,22,23,24). The van der Waals surface area contributed by atoms with Crippen molar-refractivity contribution in [1.29, 1.82) is 0 Å². The van der Waals surface area contributed by atoms with Crippen LogP contribution in [0.15, 0.2) is 35.5 Å². The number of hydrogen-bond acceptors (Lipinski definition) is 3. The van der Waals surface area contributed by atoms with Gasteiger partial charge in [0.15, 0.2) is 5.96 Å². The number of aromatic nitrogens is 2. The van der Waals surface area contributed by atoms with Gasteiger partial charge in [-0.15, -0.1) is 0 Å². The van der Waals surface area contributed by atoms with Crippen LogP contribution in [0.25, 0.3) is 0 Å². The highest BCUT2D eigenvalue weighted by atomic mass is 16.5. The Hall–Kier alpha value is -2.50. The van der Waals surface area contributed by atoms with Gasteiger partial charge in [0.05, 0.1) is 31.9 Å². The minimum atomic E-state index is 0.565. The SMILES string of the molecule is CCNC(=NCc1ccc(C)cc1OC)NCc1ccn(C2CCCC2)n1. The average Bonchev–Trinajstić information content (AvgIpc) is 3.36. The Morgan fingerprint density at radius 2 is 2.07 bits per heavy atom. The first-order chi connectivity index (χ1) is 13.2. The van der Waals surface area contributed by atoms with Gasteiger partial charge in [-0.1, -0.05) is 25.0 Å². The van der Waals surface area contributed by atoms with Crippen molar-refractivity contribution in [1.82, 2.24) is 20.4 Å². The quantitative estimate of drug-likeness (QED) is 0.578. The predicted octanol–water partition coefficient (Wildman–Crippen LogP) is 3.57. The molecule has 27 heavy (non-hydrogen) atoms. The third kappa shape index (κ3) is 5.25. The molecule has 1 fully saturated rings. The number of methoxy groups -OCH3 is 1. The average molecular weight is 370 g/mol. The van der Waals surface area contributed by atoms with Crippen molar-refractivity contribution in [3.8, 4) is 5.75 Å². The van der Waals surface area contributed by atoms with Crippen molar-refractivity contribution in [2.75, 3.05) is 13.7 Å². The summed E-state index contributed by atoms with van der Waals surface area (Å²) >= 11 is 0. The second-order valence-electron chi connectivity index (χ2n) is 7.09. The molecule has 1 aromatic heterocycles. The van der Waals surface area contributed by atoms with Crippen molar-refractivity contribution in [2.45, 2.75) is 58.7 Å². The number of ether oxygens (including phenoxy) is 1. The lowest BCUT2D eigenvalue weighted by molar-refractivity contribution is 0.409. The van der Waals surface area contributed by atoms with E-state index in [4.69, 9.17) is 14.8 Å². The molecule has 1 saturated carbocycles. The number of nitrogens with one attached hydrogen (secondary N) is 2. The molecule has 6 heteroatoms. The zero-order valence-corrected chi connectivity index (χ0v) is 16.7. The van der Waals surface area contributed by atoms with Gasteiger partial charge in [-0.25, -0.2) is 4.99 Å². The molecule has 146 valence electrons. The highest BCUT2D eigenvalue weighted by Gasteiger charge is 2.17. The van der Waals surface area contributed by atoms with Gasteiger partial charge in [-0.2, -0.15) is 5.10 Å². The van der Waals surface area contributed by atoms with E-state index in [-0.39, 0.29) is 0 Å². The maximum Gasteiger partial charge on any atom is 0.191 e. The van der Waals surface area contributed by atoms with Crippen molar-refractivity contribution in [3.63, 3.8) is 0 Å². The van der Waals surface area contributed by atoms with Crippen LogP contribution >= 0.6 is 0 Å². The maximum absolute atomic E-state index is 5.48. The Labute approximate surface area is 162 Å². The van der Waals surface area contributed by atoms with Crippen LogP contribution in [0.2, 0.25) is 0 Å². The summed E-state index contributed by atoms with van der Waals surface area (Å²) in [5.41, 5.74) is 3.30. The molecule has 6 nitrogen and oxygen atoms in total. The molecule has 0 radical (unpaired) electrons. The summed E-state index contributed by atoms with van der Waals surface area (Å²) in [7, 11) is 1.70. The van der Waals surface area contributed by atoms with E-state index in [1.807, 2.05) is 6.07 Å². The maximum atomic E-state index is 5.48. The monoisotopic (exact) mass is 369 g/mol. The van der Waals surface area contributed by atoms with Gasteiger partial charge in [0.2, 0.25) is 0 Å². The lowest BCUT2D eigenvalue weighted by Crippen LogP contribution is -2.37. The van der Waals surface area contributed by atoms with Gasteiger partial charge >= 0.3 is 0 Å². The van der Waals surface area contributed by atoms with Gasteiger partial charge in [0, 0.05) is 18.3 Å². The topological polar surface area (TPSA) is 63.5 Å². The van der Waals surface area contributed by atoms with Gasteiger partial charge in [-0.05, 0) is 44.4 Å². The molecule has 0 amide bonds. The van der Waals surface area contributed by atoms with Crippen LogP contribution in [0.4, 0.5) is 0 Å². The molecule has 0 saturated heterocycles. The first-order valence-corrected chi connectivity index (χ1v) is 9.89. The molecular formula is C21H31N5O. The molecule has 1 heterocycles. The van der Waals surface area contributed by atoms with Gasteiger partial charge < -0.3 is 15.4 Å². The largest absolute Gasteiger partial charge is 0.496 e. The number of rotatable bonds is 7. The van der Waals surface area contributed by atoms with E-state index in [9.17, 15) is 0 Å². The zero-order chi connectivity index (χ0) is 19.1. The summed E-state index contributed by atoms with van der Waals surface area (Å²) in [6, 6.07) is 8.88. The van der Waals surface area contributed by atoms with Crippen LogP contribution in [0.1, 0.15) is 55.5 Å². The molecule has 0 atom stereocenters. The van der Waals surface area contributed by atoms with E-state index < -0.39 is 0 Å². The number of aliphatic imine (C=N–C) groups is 1. The molecule has 0 aliphatic heterocycles. The normalized spacial score (nSPS) is 15.1. The Kier molecular flexibility index (Phi) is 6.74. The molecule has 0 unspecified atom stereocenters. The predicted molar refractivity (Wildman–Crippen MR) is 109 cm³/mol. The Morgan fingerprint density at radius 3 is 2.81 bits per heavy atom. The van der Waals surface area contributed by atoms with Crippen molar-refractivity contribution >= 4 is 5.96 Å². The fraction of sp³-hybridized carbons (Fsp3) is 0.524. The molecule has 0 spiro atoms. The fourth-order valence-electron chi connectivity index (χ4n) is 3.51. The number of guanidine groups is 1. The highest BCUT2D eigenvalue weighted by Crippen LogP contribution is 2.28. The summed E-state index contributed by atoms with van der Waals surface area (Å²) < 4.78 is 7.61. The smallest absolute Gasteiger partial charge is 0.191 e. The van der Waals surface area contributed by atoms with Crippen molar-refractivity contribution in [3.05, 3.63) is 47.3 Å². The minimum Gasteiger partial charge on any atom is -0.496 e. The highest BCUT2D eigenvalue weighted by molar-refractivity contribution is 5.79. The second-order valence-corrected chi connectivity index (χ2v) is 7.09. The Balaban J connectivity index is 1.61. The van der Waals surface area contributed by atoms with E-state index in [1.54, 1.807) is 7.11 Å². The van der Waals surface area contributed by atoms with Crippen LogP contribution < -0.4 is 15.4 Å². The minimum absolute atomic E-state index is 0.565.